The summed E-state index contributed by atoms with van der Waals surface area (Å²) in [5.41, 5.74) is 4.11. The fraction of sp³-hybridized carbons (Fsp3) is 0.583. The zero-order valence-corrected chi connectivity index (χ0v) is 18.1. The number of benzene rings is 1. The van der Waals surface area contributed by atoms with E-state index in [1.54, 1.807) is 6.20 Å². The van der Waals surface area contributed by atoms with Crippen molar-refractivity contribution in [2.75, 3.05) is 13.1 Å². The minimum atomic E-state index is -0.301. The van der Waals surface area contributed by atoms with Crippen LogP contribution in [0.2, 0.25) is 0 Å². The second-order valence-electron chi connectivity index (χ2n) is 8.83. The molecule has 0 aromatic heterocycles. The van der Waals surface area contributed by atoms with Gasteiger partial charge < -0.3 is 10.2 Å². The Morgan fingerprint density at radius 2 is 1.71 bits per heavy atom. The molecule has 152 valence electrons. The van der Waals surface area contributed by atoms with E-state index in [1.165, 1.54) is 24.0 Å². The van der Waals surface area contributed by atoms with Gasteiger partial charge in [0.2, 0.25) is 0 Å². The first-order valence-corrected chi connectivity index (χ1v) is 10.6. The topological polar surface area (TPSA) is 56.1 Å². The van der Waals surface area contributed by atoms with Crippen LogP contribution in [0, 0.1) is 23.2 Å². The van der Waals surface area contributed by atoms with Crippen molar-refractivity contribution in [1.29, 1.82) is 5.26 Å². The molecule has 28 heavy (non-hydrogen) atoms. The first kappa shape index (κ1) is 22.0. The first-order valence-electron chi connectivity index (χ1n) is 10.6. The van der Waals surface area contributed by atoms with Crippen LogP contribution in [0.25, 0.3) is 0 Å². The van der Waals surface area contributed by atoms with Crippen LogP contribution < -0.4 is 5.32 Å². The largest absolute Gasteiger partial charge is 0.376 e. The molecule has 0 aliphatic heterocycles. The van der Waals surface area contributed by atoms with Gasteiger partial charge in [-0.1, -0.05) is 45.9 Å². The molecule has 0 spiro atoms. The van der Waals surface area contributed by atoms with Crippen LogP contribution in [0.3, 0.4) is 0 Å². The highest BCUT2D eigenvalue weighted by molar-refractivity contribution is 5.97. The maximum atomic E-state index is 12.7. The van der Waals surface area contributed by atoms with E-state index in [4.69, 9.17) is 0 Å². The predicted octanol–water partition coefficient (Wildman–Crippen LogP) is 4.76. The number of hydrogen-bond donors (Lipinski definition) is 1. The molecule has 0 bridgehead atoms. The Balaban J connectivity index is 2.10. The van der Waals surface area contributed by atoms with E-state index in [1.807, 2.05) is 6.92 Å². The number of amides is 1. The molecular formula is C24H35N3O. The summed E-state index contributed by atoms with van der Waals surface area (Å²) < 4.78 is 0. The van der Waals surface area contributed by atoms with Crippen LogP contribution in [0.1, 0.15) is 70.2 Å². The smallest absolute Gasteiger partial charge is 0.263 e. The molecule has 0 heterocycles. The normalized spacial score (nSPS) is 15.1. The van der Waals surface area contributed by atoms with Gasteiger partial charge in [0.05, 0.1) is 6.04 Å². The number of nitrogens with one attached hydrogen (secondary N) is 1. The molecule has 0 radical (unpaired) electrons. The molecule has 1 atom stereocenters. The second-order valence-corrected chi connectivity index (χ2v) is 8.83. The molecule has 1 aromatic carbocycles. The number of aryl methyl sites for hydroxylation is 2. The van der Waals surface area contributed by atoms with Crippen LogP contribution in [-0.2, 0) is 17.6 Å². The molecule has 1 unspecified atom stereocenters. The lowest BCUT2D eigenvalue weighted by Crippen LogP contribution is -2.31. The summed E-state index contributed by atoms with van der Waals surface area (Å²) in [6.45, 7) is 12.2. The molecule has 0 fully saturated rings. The molecule has 0 saturated carbocycles. The molecule has 1 aliphatic carbocycles. The standard InChI is InChI=1S/C24H35N3O/c1-17(2)14-27(15-18(3)4)16-23(13-25)24(28)26-19(5)21-11-10-20-8-6-7-9-22(20)12-21/h10-12,16-19H,6-9,14-15H2,1-5H3,(H,26,28)/b23-16-. The lowest BCUT2D eigenvalue weighted by molar-refractivity contribution is -0.117. The molecule has 1 aromatic rings. The summed E-state index contributed by atoms with van der Waals surface area (Å²) in [5, 5.41) is 12.6. The minimum Gasteiger partial charge on any atom is -0.376 e. The molecule has 4 heteroatoms. The van der Waals surface area contributed by atoms with Gasteiger partial charge in [0.25, 0.3) is 5.91 Å². The molecule has 2 rings (SSSR count). The van der Waals surface area contributed by atoms with Crippen LogP contribution in [0.4, 0.5) is 0 Å². The van der Waals surface area contributed by atoms with E-state index in [0.717, 1.165) is 31.5 Å². The van der Waals surface area contributed by atoms with Crippen molar-refractivity contribution in [2.45, 2.75) is 66.3 Å². The van der Waals surface area contributed by atoms with Crippen molar-refractivity contribution in [2.24, 2.45) is 11.8 Å². The Kier molecular flexibility index (Phi) is 8.11. The molecular weight excluding hydrogens is 346 g/mol. The van der Waals surface area contributed by atoms with E-state index in [2.05, 4.69) is 62.2 Å². The van der Waals surface area contributed by atoms with Crippen LogP contribution in [0.15, 0.2) is 30.0 Å². The Bertz CT molecular complexity index is 733. The second kappa shape index (κ2) is 10.3. The highest BCUT2D eigenvalue weighted by Gasteiger charge is 2.17. The number of carbonyl (C=O) groups excluding carboxylic acids is 1. The summed E-state index contributed by atoms with van der Waals surface area (Å²) in [7, 11) is 0. The van der Waals surface area contributed by atoms with Gasteiger partial charge in [-0.15, -0.1) is 0 Å². The number of nitrogens with zero attached hydrogens (tertiary/aromatic N) is 2. The third-order valence-corrected chi connectivity index (χ3v) is 5.10. The molecule has 0 saturated heterocycles. The van der Waals surface area contributed by atoms with Crippen molar-refractivity contribution >= 4 is 5.91 Å². The van der Waals surface area contributed by atoms with Crippen LogP contribution in [-0.4, -0.2) is 23.9 Å². The van der Waals surface area contributed by atoms with Crippen molar-refractivity contribution in [1.82, 2.24) is 10.2 Å². The molecule has 1 amide bonds. The number of fused-ring (bicyclic) bond motifs is 1. The Labute approximate surface area is 170 Å². The summed E-state index contributed by atoms with van der Waals surface area (Å²) in [6.07, 6.45) is 6.50. The third-order valence-electron chi connectivity index (χ3n) is 5.10. The van der Waals surface area contributed by atoms with Crippen molar-refractivity contribution < 1.29 is 4.79 Å². The number of rotatable bonds is 8. The Morgan fingerprint density at radius 3 is 2.29 bits per heavy atom. The van der Waals surface area contributed by atoms with Crippen LogP contribution in [0.5, 0.6) is 0 Å². The average Bonchev–Trinajstić information content (AvgIpc) is 2.64. The maximum Gasteiger partial charge on any atom is 0.263 e. The van der Waals surface area contributed by atoms with E-state index >= 15 is 0 Å². The third kappa shape index (κ3) is 6.41. The van der Waals surface area contributed by atoms with Crippen LogP contribution >= 0.6 is 0 Å². The van der Waals surface area contributed by atoms with E-state index in [9.17, 15) is 10.1 Å². The Morgan fingerprint density at radius 1 is 1.11 bits per heavy atom. The van der Waals surface area contributed by atoms with Gasteiger partial charge in [-0.2, -0.15) is 5.26 Å². The fourth-order valence-electron chi connectivity index (χ4n) is 3.82. The lowest BCUT2D eigenvalue weighted by Gasteiger charge is -2.25. The Hall–Kier alpha value is -2.28. The lowest BCUT2D eigenvalue weighted by atomic mass is 9.89. The first-order chi connectivity index (χ1) is 13.3. The van der Waals surface area contributed by atoms with Crippen molar-refractivity contribution in [3.05, 3.63) is 46.7 Å². The van der Waals surface area contributed by atoms with Gasteiger partial charge in [-0.3, -0.25) is 4.79 Å². The van der Waals surface area contributed by atoms with E-state index < -0.39 is 0 Å². The van der Waals surface area contributed by atoms with Gasteiger partial charge in [-0.05, 0) is 61.1 Å². The SMILES string of the molecule is CC(C)CN(/C=C(/C#N)C(=O)NC(C)c1ccc2c(c1)CCCC2)CC(C)C. The molecule has 1 N–H and O–H groups in total. The maximum absolute atomic E-state index is 12.7. The minimum absolute atomic E-state index is 0.125. The monoisotopic (exact) mass is 381 g/mol. The van der Waals surface area contributed by atoms with E-state index in [0.29, 0.717) is 11.8 Å². The van der Waals surface area contributed by atoms with E-state index in [-0.39, 0.29) is 17.5 Å². The molecule has 1 aliphatic rings. The summed E-state index contributed by atoms with van der Waals surface area (Å²) in [6, 6.07) is 8.49. The number of hydrogen-bond acceptors (Lipinski definition) is 3. The zero-order chi connectivity index (χ0) is 20.7. The molecule has 4 nitrogen and oxygen atoms in total. The predicted molar refractivity (Wildman–Crippen MR) is 115 cm³/mol. The fourth-order valence-corrected chi connectivity index (χ4v) is 3.82. The van der Waals surface area contributed by atoms with Gasteiger partial charge in [0.15, 0.2) is 0 Å². The van der Waals surface area contributed by atoms with Crippen molar-refractivity contribution in [3.8, 4) is 6.07 Å². The summed E-state index contributed by atoms with van der Waals surface area (Å²) >= 11 is 0. The summed E-state index contributed by atoms with van der Waals surface area (Å²) in [4.78, 5) is 14.8. The highest BCUT2D eigenvalue weighted by atomic mass is 16.1. The summed E-state index contributed by atoms with van der Waals surface area (Å²) in [5.74, 6) is 0.630. The van der Waals surface area contributed by atoms with Gasteiger partial charge in [0, 0.05) is 19.3 Å². The number of nitriles is 1. The average molecular weight is 382 g/mol. The highest BCUT2D eigenvalue weighted by Crippen LogP contribution is 2.25. The van der Waals surface area contributed by atoms with Gasteiger partial charge >= 0.3 is 0 Å². The number of carbonyl (C=O) groups is 1. The zero-order valence-electron chi connectivity index (χ0n) is 18.1. The van der Waals surface area contributed by atoms with Gasteiger partial charge in [-0.25, -0.2) is 0 Å². The quantitative estimate of drug-likeness (QED) is 0.521. The van der Waals surface area contributed by atoms with Crippen molar-refractivity contribution in [3.63, 3.8) is 0 Å². The van der Waals surface area contributed by atoms with Gasteiger partial charge in [0.1, 0.15) is 11.6 Å².